The normalized spacial score (nSPS) is 5.40. The number of rotatable bonds is 1. The Morgan fingerprint density at radius 3 is 1.10 bits per heavy atom. The van der Waals surface area contributed by atoms with E-state index < -0.39 is 0 Å². The Morgan fingerprint density at radius 1 is 1.00 bits per heavy atom. The van der Waals surface area contributed by atoms with Crippen LogP contribution in [-0.4, -0.2) is 23.3 Å². The van der Waals surface area contributed by atoms with Crippen molar-refractivity contribution >= 4 is 0 Å². The van der Waals surface area contributed by atoms with E-state index in [-0.39, 0.29) is 0 Å². The summed E-state index contributed by atoms with van der Waals surface area (Å²) in [6.45, 7) is 7.03. The lowest BCUT2D eigenvalue weighted by molar-refractivity contribution is 0.475. The van der Waals surface area contributed by atoms with Crippen molar-refractivity contribution in [2.45, 2.75) is 0 Å². The number of aliphatic hydroxyl groups excluding tert-OH is 2. The molecule has 0 rings (SSSR count). The second-order valence-corrected chi connectivity index (χ2v) is 0.942. The van der Waals surface area contributed by atoms with Crippen LogP contribution in [0.25, 0.3) is 0 Å². The summed E-state index contributed by atoms with van der Waals surface area (Å²) >= 11 is 0. The first kappa shape index (κ1) is 16.0. The lowest BCUT2D eigenvalue weighted by Crippen LogP contribution is -2.11. The van der Waals surface area contributed by atoms with Gasteiger partial charge in [-0.25, -0.2) is 0 Å². The van der Waals surface area contributed by atoms with Crippen LogP contribution in [0.2, 0.25) is 0 Å². The maximum atomic E-state index is 7.33. The number of hydrogen-bond acceptors (Lipinski definition) is 4. The number of nitrogens with two attached hydrogens (primary N) is 2. The SMILES string of the molecule is C=CO.C=CO.NCCN. The first-order valence-electron chi connectivity index (χ1n) is 2.65. The van der Waals surface area contributed by atoms with E-state index >= 15 is 0 Å². The first-order chi connectivity index (χ1) is 4.74. The predicted octanol–water partition coefficient (Wildman–Crippen LogP) is 0.280. The van der Waals surface area contributed by atoms with E-state index in [4.69, 9.17) is 21.7 Å². The summed E-state index contributed by atoms with van der Waals surface area (Å²) in [4.78, 5) is 0. The zero-order valence-electron chi connectivity index (χ0n) is 6.03. The molecule has 0 fully saturated rings. The van der Waals surface area contributed by atoms with Gasteiger partial charge in [-0.15, -0.1) is 0 Å². The lowest BCUT2D eigenvalue weighted by Gasteiger charge is -1.72. The molecule has 0 atom stereocenters. The zero-order valence-corrected chi connectivity index (χ0v) is 6.03. The highest BCUT2D eigenvalue weighted by Gasteiger charge is 1.54. The van der Waals surface area contributed by atoms with Gasteiger partial charge in [0.1, 0.15) is 0 Å². The van der Waals surface area contributed by atoms with Crippen LogP contribution in [0.4, 0.5) is 0 Å². The molecule has 0 heterocycles. The molecule has 4 nitrogen and oxygen atoms in total. The third-order valence-electron chi connectivity index (χ3n) is 0.167. The monoisotopic (exact) mass is 148 g/mol. The summed E-state index contributed by atoms with van der Waals surface area (Å²) < 4.78 is 0. The molecule has 0 aliphatic rings. The summed E-state index contributed by atoms with van der Waals surface area (Å²) in [7, 11) is 0. The van der Waals surface area contributed by atoms with Gasteiger partial charge in [0.05, 0.1) is 12.5 Å². The van der Waals surface area contributed by atoms with E-state index in [0.717, 1.165) is 12.5 Å². The van der Waals surface area contributed by atoms with Crippen LogP contribution >= 0.6 is 0 Å². The van der Waals surface area contributed by atoms with Gasteiger partial charge in [-0.1, -0.05) is 13.2 Å². The van der Waals surface area contributed by atoms with Crippen LogP contribution in [0.3, 0.4) is 0 Å². The van der Waals surface area contributed by atoms with E-state index in [1.165, 1.54) is 0 Å². The van der Waals surface area contributed by atoms with Gasteiger partial charge < -0.3 is 21.7 Å². The Bertz CT molecular complexity index is 49.7. The molecule has 0 spiro atoms. The molecule has 0 aromatic heterocycles. The highest BCUT2D eigenvalue weighted by Crippen LogP contribution is 1.26. The Kier molecular flexibility index (Phi) is 69.7. The summed E-state index contributed by atoms with van der Waals surface area (Å²) in [5.41, 5.74) is 9.81. The highest BCUT2D eigenvalue weighted by molar-refractivity contribution is 4.38. The third-order valence-corrected chi connectivity index (χ3v) is 0.167. The maximum Gasteiger partial charge on any atom is 0.0719 e. The molecule has 0 radical (unpaired) electrons. The van der Waals surface area contributed by atoms with E-state index in [2.05, 4.69) is 13.2 Å². The van der Waals surface area contributed by atoms with Gasteiger partial charge in [0.25, 0.3) is 0 Å². The lowest BCUT2D eigenvalue weighted by atomic mass is 10.7. The van der Waals surface area contributed by atoms with Crippen molar-refractivity contribution in [3.8, 4) is 0 Å². The molecule has 0 amide bonds. The minimum atomic E-state index is 0.597. The van der Waals surface area contributed by atoms with Gasteiger partial charge >= 0.3 is 0 Å². The Hall–Kier alpha value is -1.00. The van der Waals surface area contributed by atoms with Crippen molar-refractivity contribution in [2.24, 2.45) is 11.5 Å². The zero-order chi connectivity index (χ0) is 8.83. The number of aliphatic hydroxyl groups is 2. The van der Waals surface area contributed by atoms with Crippen molar-refractivity contribution in [3.63, 3.8) is 0 Å². The summed E-state index contributed by atoms with van der Waals surface area (Å²) in [6, 6.07) is 0. The van der Waals surface area contributed by atoms with Crippen LogP contribution in [-0.2, 0) is 0 Å². The van der Waals surface area contributed by atoms with Crippen LogP contribution < -0.4 is 11.5 Å². The maximum absolute atomic E-state index is 7.33. The molecular formula is C6H16N2O2. The molecular weight excluding hydrogens is 132 g/mol. The topological polar surface area (TPSA) is 92.5 Å². The Balaban J connectivity index is -0.0000000750. The smallest absolute Gasteiger partial charge is 0.0719 e. The molecule has 0 bridgehead atoms. The predicted molar refractivity (Wildman–Crippen MR) is 43.8 cm³/mol. The Morgan fingerprint density at radius 2 is 1.10 bits per heavy atom. The van der Waals surface area contributed by atoms with E-state index in [0.29, 0.717) is 13.1 Å². The summed E-state index contributed by atoms with van der Waals surface area (Å²) in [5, 5.41) is 14.7. The average Bonchev–Trinajstić information content (AvgIpc) is 1.91. The molecule has 0 aromatic rings. The number of hydrogen-bond donors (Lipinski definition) is 4. The molecule has 6 N–H and O–H groups in total. The Labute approximate surface area is 61.5 Å². The molecule has 4 heteroatoms. The second-order valence-electron chi connectivity index (χ2n) is 0.942. The molecule has 62 valence electrons. The second kappa shape index (κ2) is 43.6. The van der Waals surface area contributed by atoms with Crippen molar-refractivity contribution < 1.29 is 10.2 Å². The minimum Gasteiger partial charge on any atom is -0.516 e. The fourth-order valence-corrected chi connectivity index (χ4v) is 0. The largest absolute Gasteiger partial charge is 0.516 e. The summed E-state index contributed by atoms with van der Waals surface area (Å²) in [5.74, 6) is 0. The van der Waals surface area contributed by atoms with Crippen LogP contribution in [0.5, 0.6) is 0 Å². The van der Waals surface area contributed by atoms with Gasteiger partial charge in [-0.05, 0) is 0 Å². The molecule has 0 aliphatic carbocycles. The quantitative estimate of drug-likeness (QED) is 0.402. The van der Waals surface area contributed by atoms with E-state index in [1.54, 1.807) is 0 Å². The standard InChI is InChI=1S/C2H8N2.2C2H4O/c3-1-2-4;2*1-2-3/h1-4H2;2*2-3H,1H2. The molecule has 0 unspecified atom stereocenters. The summed E-state index contributed by atoms with van der Waals surface area (Å²) in [6.07, 6.45) is 1.50. The molecule has 0 saturated carbocycles. The van der Waals surface area contributed by atoms with Crippen LogP contribution in [0.1, 0.15) is 0 Å². The fraction of sp³-hybridized carbons (Fsp3) is 0.333. The van der Waals surface area contributed by atoms with E-state index in [9.17, 15) is 0 Å². The third kappa shape index (κ3) is 5109999999999999854475403373576192. The van der Waals surface area contributed by atoms with Gasteiger partial charge in [-0.2, -0.15) is 0 Å². The molecule has 0 saturated heterocycles. The minimum absolute atomic E-state index is 0.597. The molecule has 0 aliphatic heterocycles. The van der Waals surface area contributed by atoms with Gasteiger partial charge in [-0.3, -0.25) is 0 Å². The van der Waals surface area contributed by atoms with Crippen molar-refractivity contribution in [1.82, 2.24) is 0 Å². The average molecular weight is 148 g/mol. The first-order valence-corrected chi connectivity index (χ1v) is 2.65. The van der Waals surface area contributed by atoms with Crippen LogP contribution in [0.15, 0.2) is 25.7 Å². The van der Waals surface area contributed by atoms with Gasteiger partial charge in [0, 0.05) is 13.1 Å². The van der Waals surface area contributed by atoms with Gasteiger partial charge in [0.15, 0.2) is 0 Å². The van der Waals surface area contributed by atoms with Crippen LogP contribution in [0, 0.1) is 0 Å². The van der Waals surface area contributed by atoms with Gasteiger partial charge in [0.2, 0.25) is 0 Å². The van der Waals surface area contributed by atoms with E-state index in [1.807, 2.05) is 0 Å². The van der Waals surface area contributed by atoms with Crippen molar-refractivity contribution in [2.75, 3.05) is 13.1 Å². The fourth-order valence-electron chi connectivity index (χ4n) is 0. The van der Waals surface area contributed by atoms with Crippen molar-refractivity contribution in [1.29, 1.82) is 0 Å². The molecule has 0 aromatic carbocycles. The molecule has 10 heavy (non-hydrogen) atoms. The highest BCUT2D eigenvalue weighted by atomic mass is 16.2. The van der Waals surface area contributed by atoms with Crippen molar-refractivity contribution in [3.05, 3.63) is 25.7 Å².